The van der Waals surface area contributed by atoms with Crippen molar-refractivity contribution in [1.82, 2.24) is 14.9 Å². The second kappa shape index (κ2) is 11.1. The molecule has 0 aliphatic carbocycles. The highest BCUT2D eigenvalue weighted by atomic mass is 32.2. The van der Waals surface area contributed by atoms with Crippen LogP contribution >= 0.6 is 11.3 Å². The quantitative estimate of drug-likeness (QED) is 0.434. The molecule has 1 saturated heterocycles. The molecule has 2 atom stereocenters. The van der Waals surface area contributed by atoms with Crippen LogP contribution in [0.1, 0.15) is 6.92 Å². The molecule has 1 aliphatic rings. The van der Waals surface area contributed by atoms with E-state index in [1.807, 2.05) is 24.4 Å². The number of anilines is 3. The molecule has 1 aliphatic heterocycles. The van der Waals surface area contributed by atoms with Crippen molar-refractivity contribution in [1.29, 1.82) is 0 Å². The topological polar surface area (TPSA) is 129 Å². The molecule has 3 heterocycles. The van der Waals surface area contributed by atoms with Crippen LogP contribution in [0.4, 0.5) is 22.2 Å². The molecule has 4 rings (SSSR count). The van der Waals surface area contributed by atoms with Gasteiger partial charge in [0.1, 0.15) is 5.82 Å². The Balaban J connectivity index is 1.52. The number of aliphatic hydroxyl groups is 1. The van der Waals surface area contributed by atoms with Crippen LogP contribution < -0.4 is 10.6 Å². The molecule has 3 N–H and O–H groups in total. The van der Waals surface area contributed by atoms with Crippen molar-refractivity contribution in [2.75, 3.05) is 49.8 Å². The third-order valence-electron chi connectivity index (χ3n) is 5.31. The largest absolute Gasteiger partial charge is 0.394 e. The molecule has 1 aromatic carbocycles. The third kappa shape index (κ3) is 6.34. The van der Waals surface area contributed by atoms with Gasteiger partial charge >= 0.3 is 6.03 Å². The molecule has 0 bridgehead atoms. The molecule has 1 fully saturated rings. The van der Waals surface area contributed by atoms with Crippen LogP contribution in [-0.4, -0.2) is 75.4 Å². The summed E-state index contributed by atoms with van der Waals surface area (Å²) in [6.45, 7) is 3.63. The SMILES string of the molecule is C[C@H](CO)Nc1nc(Nc2ccc(S(C)(=O)=NC(=O)N3CCOCC3)cc2)ncc1-c1cccs1. The summed E-state index contributed by atoms with van der Waals surface area (Å²) in [5.74, 6) is 0.982. The molecule has 12 heteroatoms. The summed E-state index contributed by atoms with van der Waals surface area (Å²) >= 11 is 1.58. The minimum absolute atomic E-state index is 0.0342. The number of rotatable bonds is 7. The number of aliphatic hydroxyl groups excluding tert-OH is 1. The number of thiophene rings is 1. The average Bonchev–Trinajstić information content (AvgIpc) is 3.39. The zero-order valence-electron chi connectivity index (χ0n) is 19.5. The van der Waals surface area contributed by atoms with Gasteiger partial charge < -0.3 is 25.4 Å². The Kier molecular flexibility index (Phi) is 7.96. The molecule has 0 spiro atoms. The fourth-order valence-electron chi connectivity index (χ4n) is 3.38. The van der Waals surface area contributed by atoms with E-state index in [1.165, 1.54) is 6.26 Å². The van der Waals surface area contributed by atoms with Gasteiger partial charge in [-0.2, -0.15) is 4.98 Å². The highest BCUT2D eigenvalue weighted by molar-refractivity contribution is 7.93. The van der Waals surface area contributed by atoms with Gasteiger partial charge in [-0.05, 0) is 42.6 Å². The fourth-order valence-corrected chi connectivity index (χ4v) is 5.27. The van der Waals surface area contributed by atoms with Crippen LogP contribution in [0, 0.1) is 0 Å². The fraction of sp³-hybridized carbons (Fsp3) is 0.348. The molecular formula is C23H28N6O4S2. The number of amides is 2. The lowest BCUT2D eigenvalue weighted by atomic mass is 10.2. The second-order valence-corrected chi connectivity index (χ2v) is 11.3. The number of morpholine rings is 1. The summed E-state index contributed by atoms with van der Waals surface area (Å²) in [7, 11) is -2.90. The molecule has 0 radical (unpaired) electrons. The van der Waals surface area contributed by atoms with E-state index in [0.717, 1.165) is 10.4 Å². The van der Waals surface area contributed by atoms with Crippen molar-refractivity contribution in [2.45, 2.75) is 17.9 Å². The Morgan fingerprint density at radius 3 is 2.69 bits per heavy atom. The van der Waals surface area contributed by atoms with Crippen molar-refractivity contribution >= 4 is 44.6 Å². The number of carbonyl (C=O) groups excluding carboxylic acids is 1. The molecule has 3 aromatic rings. The van der Waals surface area contributed by atoms with Gasteiger partial charge in [0, 0.05) is 47.0 Å². The molecule has 10 nitrogen and oxygen atoms in total. The number of aromatic nitrogens is 2. The highest BCUT2D eigenvalue weighted by Crippen LogP contribution is 2.31. The van der Waals surface area contributed by atoms with Gasteiger partial charge in [0.15, 0.2) is 0 Å². The predicted molar refractivity (Wildman–Crippen MR) is 138 cm³/mol. The number of carbonyl (C=O) groups is 1. The normalized spacial score (nSPS) is 16.3. The van der Waals surface area contributed by atoms with Crippen molar-refractivity contribution in [3.63, 3.8) is 0 Å². The van der Waals surface area contributed by atoms with E-state index in [0.29, 0.717) is 48.7 Å². The number of hydrogen-bond donors (Lipinski definition) is 3. The van der Waals surface area contributed by atoms with E-state index in [4.69, 9.17) is 4.74 Å². The Labute approximate surface area is 208 Å². The van der Waals surface area contributed by atoms with Gasteiger partial charge in [0.05, 0.1) is 35.1 Å². The second-order valence-electron chi connectivity index (χ2n) is 8.09. The summed E-state index contributed by atoms with van der Waals surface area (Å²) in [5.41, 5.74) is 1.53. The maximum Gasteiger partial charge on any atom is 0.352 e. The van der Waals surface area contributed by atoms with Crippen molar-refractivity contribution < 1.29 is 18.8 Å². The first-order valence-corrected chi connectivity index (χ1v) is 13.9. The van der Waals surface area contributed by atoms with Crippen molar-refractivity contribution in [2.24, 2.45) is 4.36 Å². The number of urea groups is 1. The van der Waals surface area contributed by atoms with Gasteiger partial charge in [-0.1, -0.05) is 6.07 Å². The Hall–Kier alpha value is -3.06. The average molecular weight is 517 g/mol. The first-order valence-electron chi connectivity index (χ1n) is 11.1. The molecule has 0 saturated carbocycles. The van der Waals surface area contributed by atoms with E-state index >= 15 is 0 Å². The van der Waals surface area contributed by atoms with Crippen molar-refractivity contribution in [3.05, 3.63) is 48.0 Å². The number of ether oxygens (including phenoxy) is 1. The Bertz CT molecular complexity index is 1270. The van der Waals surface area contributed by atoms with Crippen LogP contribution in [0.25, 0.3) is 10.4 Å². The highest BCUT2D eigenvalue weighted by Gasteiger charge is 2.19. The van der Waals surface area contributed by atoms with E-state index in [9.17, 15) is 14.1 Å². The van der Waals surface area contributed by atoms with Crippen molar-refractivity contribution in [3.8, 4) is 10.4 Å². The van der Waals surface area contributed by atoms with Crippen LogP contribution in [0.5, 0.6) is 0 Å². The van der Waals surface area contributed by atoms with Gasteiger partial charge in [0.2, 0.25) is 5.95 Å². The van der Waals surface area contributed by atoms with Crippen LogP contribution in [0.3, 0.4) is 0 Å². The maximum atomic E-state index is 13.1. The van der Waals surface area contributed by atoms with Crippen LogP contribution in [0.2, 0.25) is 0 Å². The van der Waals surface area contributed by atoms with Gasteiger partial charge in [-0.15, -0.1) is 15.7 Å². The van der Waals surface area contributed by atoms with E-state index in [1.54, 1.807) is 46.7 Å². The van der Waals surface area contributed by atoms with E-state index in [-0.39, 0.29) is 12.6 Å². The summed E-state index contributed by atoms with van der Waals surface area (Å²) in [6.07, 6.45) is 3.19. The van der Waals surface area contributed by atoms with Gasteiger partial charge in [0.25, 0.3) is 0 Å². The zero-order chi connectivity index (χ0) is 24.8. The monoisotopic (exact) mass is 516 g/mol. The molecule has 2 amide bonds. The maximum absolute atomic E-state index is 13.1. The number of nitrogens with one attached hydrogen (secondary N) is 2. The van der Waals surface area contributed by atoms with Crippen LogP contribution in [-0.2, 0) is 14.5 Å². The van der Waals surface area contributed by atoms with E-state index < -0.39 is 15.8 Å². The molecule has 1 unspecified atom stereocenters. The minimum atomic E-state index is -2.90. The standard InChI is InChI=1S/C23H28N6O4S2/c1-16(15-30)25-21-19(20-4-3-13-34-20)14-24-22(27-21)26-17-5-7-18(8-6-17)35(2,32)28-23(31)29-9-11-33-12-10-29/h3-8,13-14,16,30H,9-12,15H2,1-2H3,(H2,24,25,26,27)/t16-,35?/m1/s1. The predicted octanol–water partition coefficient (Wildman–Crippen LogP) is 3.65. The summed E-state index contributed by atoms with van der Waals surface area (Å²) in [4.78, 5) is 24.5. The van der Waals surface area contributed by atoms with Crippen LogP contribution in [0.15, 0.2) is 57.2 Å². The number of nitrogens with zero attached hydrogens (tertiary/aromatic N) is 4. The lowest BCUT2D eigenvalue weighted by Gasteiger charge is -2.24. The number of hydrogen-bond acceptors (Lipinski definition) is 9. The third-order valence-corrected chi connectivity index (χ3v) is 7.87. The number of benzene rings is 1. The van der Waals surface area contributed by atoms with E-state index in [2.05, 4.69) is 25.0 Å². The Morgan fingerprint density at radius 2 is 2.03 bits per heavy atom. The molecular weight excluding hydrogens is 488 g/mol. The minimum Gasteiger partial charge on any atom is -0.394 e. The van der Waals surface area contributed by atoms with Gasteiger partial charge in [-0.25, -0.2) is 14.0 Å². The summed E-state index contributed by atoms with van der Waals surface area (Å²) in [6, 6.07) is 10.1. The van der Waals surface area contributed by atoms with Gasteiger partial charge in [-0.3, -0.25) is 0 Å². The first-order chi connectivity index (χ1) is 16.9. The smallest absolute Gasteiger partial charge is 0.352 e. The molecule has 2 aromatic heterocycles. The molecule has 186 valence electrons. The lowest BCUT2D eigenvalue weighted by Crippen LogP contribution is -2.39. The first kappa shape index (κ1) is 25.0. The summed E-state index contributed by atoms with van der Waals surface area (Å²) < 4.78 is 22.3. The zero-order valence-corrected chi connectivity index (χ0v) is 21.1. The Morgan fingerprint density at radius 1 is 1.29 bits per heavy atom. The molecule has 35 heavy (non-hydrogen) atoms. The lowest BCUT2D eigenvalue weighted by molar-refractivity contribution is 0.0556. The summed E-state index contributed by atoms with van der Waals surface area (Å²) in [5, 5.41) is 17.8.